The van der Waals surface area contributed by atoms with Crippen molar-refractivity contribution in [2.75, 3.05) is 0 Å². The van der Waals surface area contributed by atoms with Gasteiger partial charge in [-0.25, -0.2) is 4.79 Å². The second kappa shape index (κ2) is 7.63. The van der Waals surface area contributed by atoms with Gasteiger partial charge in [-0.2, -0.15) is 0 Å². The quantitative estimate of drug-likeness (QED) is 0.646. The first-order chi connectivity index (χ1) is 14.3. The Hall–Kier alpha value is -3.09. The van der Waals surface area contributed by atoms with Crippen LogP contribution in [0.1, 0.15) is 54.2 Å². The highest BCUT2D eigenvalue weighted by molar-refractivity contribution is 6.00. The molecule has 0 saturated carbocycles. The average Bonchev–Trinajstić information content (AvgIpc) is 3.08. The number of hydrogen-bond donors (Lipinski definition) is 1. The molecule has 30 heavy (non-hydrogen) atoms. The summed E-state index contributed by atoms with van der Waals surface area (Å²) in [5.41, 5.74) is 4.05. The van der Waals surface area contributed by atoms with Crippen molar-refractivity contribution in [2.45, 2.75) is 65.3 Å². The van der Waals surface area contributed by atoms with E-state index in [2.05, 4.69) is 5.32 Å². The highest BCUT2D eigenvalue weighted by atomic mass is 16.4. The van der Waals surface area contributed by atoms with Gasteiger partial charge < -0.3 is 24.1 Å². The molecule has 1 amide bonds. The number of carboxylic acids is 1. The maximum absolute atomic E-state index is 12.6. The third-order valence-electron chi connectivity index (χ3n) is 6.06. The van der Waals surface area contributed by atoms with Gasteiger partial charge in [-0.15, -0.1) is 0 Å². The summed E-state index contributed by atoms with van der Waals surface area (Å²) in [6, 6.07) is 0.945. The minimum Gasteiger partial charge on any atom is -0.548 e. The molecule has 7 heteroatoms. The van der Waals surface area contributed by atoms with E-state index in [0.717, 1.165) is 58.9 Å². The number of rotatable bonds is 5. The molecule has 0 aliphatic heterocycles. The number of fused-ring (bicyclic) bond motifs is 4. The van der Waals surface area contributed by atoms with E-state index in [1.165, 1.54) is 12.5 Å². The van der Waals surface area contributed by atoms with E-state index in [0.29, 0.717) is 11.1 Å². The molecule has 2 heterocycles. The first-order valence-corrected chi connectivity index (χ1v) is 10.3. The monoisotopic (exact) mass is 410 g/mol. The normalized spacial score (nSPS) is 14.6. The van der Waals surface area contributed by atoms with Crippen LogP contribution in [0.15, 0.2) is 19.7 Å². The zero-order valence-electron chi connectivity index (χ0n) is 17.3. The zero-order valence-corrected chi connectivity index (χ0v) is 17.3. The van der Waals surface area contributed by atoms with Crippen molar-refractivity contribution < 1.29 is 23.5 Å². The Morgan fingerprint density at radius 2 is 1.80 bits per heavy atom. The molecule has 1 aliphatic carbocycles. The van der Waals surface area contributed by atoms with Crippen LogP contribution in [0.2, 0.25) is 0 Å². The van der Waals surface area contributed by atoms with Crippen LogP contribution in [0.25, 0.3) is 21.9 Å². The molecule has 1 N–H and O–H groups in total. The van der Waals surface area contributed by atoms with Crippen molar-refractivity contribution in [1.29, 1.82) is 0 Å². The van der Waals surface area contributed by atoms with Crippen molar-refractivity contribution in [3.63, 3.8) is 0 Å². The minimum atomic E-state index is -1.35. The number of amides is 1. The average molecular weight is 410 g/mol. The Morgan fingerprint density at radius 1 is 1.10 bits per heavy atom. The van der Waals surface area contributed by atoms with Crippen LogP contribution in [-0.2, 0) is 28.9 Å². The standard InChI is InChI=1S/C23H25NO6/c1-11-14(8-9-19(25)24-13(3)22(26)27)23(28)30-20-12(2)21-17(10-16(11)20)15-6-4-5-7-18(15)29-21/h10,13H,4-9H2,1-3H3,(H,24,25)(H,26,27)/p-1/t13-/m1/s1. The predicted molar refractivity (Wildman–Crippen MR) is 109 cm³/mol. The Kier molecular flexibility index (Phi) is 5.13. The Morgan fingerprint density at radius 3 is 2.53 bits per heavy atom. The summed E-state index contributed by atoms with van der Waals surface area (Å²) < 4.78 is 11.8. The van der Waals surface area contributed by atoms with Crippen molar-refractivity contribution in [3.8, 4) is 0 Å². The Labute approximate surface area is 173 Å². The first kappa shape index (κ1) is 20.2. The molecule has 0 radical (unpaired) electrons. The molecule has 0 saturated heterocycles. The van der Waals surface area contributed by atoms with E-state index in [1.54, 1.807) is 0 Å². The SMILES string of the molecule is Cc1c(CCC(=O)N[C@H](C)C(=O)[O-])c(=O)oc2c(C)c3oc4c(c3cc12)CCCC4. The van der Waals surface area contributed by atoms with Crippen molar-refractivity contribution >= 4 is 33.8 Å². The molecule has 2 aromatic heterocycles. The molecule has 1 aromatic carbocycles. The number of hydrogen-bond acceptors (Lipinski definition) is 6. The van der Waals surface area contributed by atoms with Crippen molar-refractivity contribution in [3.05, 3.63) is 44.5 Å². The van der Waals surface area contributed by atoms with E-state index >= 15 is 0 Å². The summed E-state index contributed by atoms with van der Waals surface area (Å²) >= 11 is 0. The molecule has 1 atom stereocenters. The van der Waals surface area contributed by atoms with Gasteiger partial charge in [-0.05, 0) is 58.1 Å². The van der Waals surface area contributed by atoms with Crippen molar-refractivity contribution in [1.82, 2.24) is 5.32 Å². The summed E-state index contributed by atoms with van der Waals surface area (Å²) in [6.07, 6.45) is 4.29. The van der Waals surface area contributed by atoms with E-state index in [1.807, 2.05) is 19.9 Å². The molecule has 0 bridgehead atoms. The number of carbonyl (C=O) groups is 2. The van der Waals surface area contributed by atoms with Crippen LogP contribution in [0, 0.1) is 13.8 Å². The number of benzene rings is 1. The van der Waals surface area contributed by atoms with Gasteiger partial charge in [0, 0.05) is 40.3 Å². The smallest absolute Gasteiger partial charge is 0.339 e. The van der Waals surface area contributed by atoms with Gasteiger partial charge in [0.05, 0.1) is 12.0 Å². The summed E-state index contributed by atoms with van der Waals surface area (Å²) in [5, 5.41) is 15.0. The van der Waals surface area contributed by atoms with Crippen LogP contribution in [0.5, 0.6) is 0 Å². The number of carbonyl (C=O) groups excluding carboxylic acids is 2. The summed E-state index contributed by atoms with van der Waals surface area (Å²) in [6.45, 7) is 5.09. The molecule has 0 spiro atoms. The van der Waals surface area contributed by atoms with Gasteiger partial charge in [0.15, 0.2) is 0 Å². The van der Waals surface area contributed by atoms with E-state index in [-0.39, 0.29) is 12.8 Å². The molecular formula is C23H24NO6-. The predicted octanol–water partition coefficient (Wildman–Crippen LogP) is 2.22. The lowest BCUT2D eigenvalue weighted by atomic mass is 9.93. The summed E-state index contributed by atoms with van der Waals surface area (Å²) in [5.74, 6) is -0.789. The topological polar surface area (TPSA) is 113 Å². The maximum Gasteiger partial charge on any atom is 0.339 e. The van der Waals surface area contributed by atoms with Crippen molar-refractivity contribution in [2.24, 2.45) is 0 Å². The molecule has 3 aromatic rings. The third-order valence-corrected chi connectivity index (χ3v) is 6.06. The Balaban J connectivity index is 1.73. The molecule has 0 unspecified atom stereocenters. The largest absolute Gasteiger partial charge is 0.548 e. The highest BCUT2D eigenvalue weighted by Crippen LogP contribution is 2.37. The Bertz CT molecular complexity index is 1230. The summed E-state index contributed by atoms with van der Waals surface area (Å²) in [4.78, 5) is 35.5. The van der Waals surface area contributed by atoms with Gasteiger partial charge in [0.2, 0.25) is 5.91 Å². The van der Waals surface area contributed by atoms with Gasteiger partial charge in [0.1, 0.15) is 16.9 Å². The number of furan rings is 1. The fourth-order valence-corrected chi connectivity index (χ4v) is 4.32. The minimum absolute atomic E-state index is 0.0168. The number of aryl methyl sites for hydroxylation is 4. The molecule has 4 rings (SSSR count). The second-order valence-electron chi connectivity index (χ2n) is 8.07. The molecule has 0 fully saturated rings. The van der Waals surface area contributed by atoms with Crippen LogP contribution < -0.4 is 16.0 Å². The van der Waals surface area contributed by atoms with Gasteiger partial charge in [-0.3, -0.25) is 4.79 Å². The maximum atomic E-state index is 12.6. The fourth-order valence-electron chi connectivity index (χ4n) is 4.32. The van der Waals surface area contributed by atoms with E-state index < -0.39 is 23.5 Å². The number of aliphatic carboxylic acids is 1. The highest BCUT2D eigenvalue weighted by Gasteiger charge is 2.23. The molecule has 158 valence electrons. The molecular weight excluding hydrogens is 386 g/mol. The van der Waals surface area contributed by atoms with Gasteiger partial charge >= 0.3 is 5.63 Å². The number of carboxylic acid groups (broad SMARTS) is 1. The zero-order chi connectivity index (χ0) is 21.6. The van der Waals surface area contributed by atoms with Crippen LogP contribution in [0.3, 0.4) is 0 Å². The fraction of sp³-hybridized carbons (Fsp3) is 0.435. The van der Waals surface area contributed by atoms with Crippen LogP contribution in [0.4, 0.5) is 0 Å². The van der Waals surface area contributed by atoms with Gasteiger partial charge in [0.25, 0.3) is 0 Å². The number of nitrogens with one attached hydrogen (secondary N) is 1. The van der Waals surface area contributed by atoms with Crippen LogP contribution >= 0.6 is 0 Å². The summed E-state index contributed by atoms with van der Waals surface area (Å²) in [7, 11) is 0. The van der Waals surface area contributed by atoms with E-state index in [9.17, 15) is 19.5 Å². The van der Waals surface area contributed by atoms with Crippen LogP contribution in [-0.4, -0.2) is 17.9 Å². The van der Waals surface area contributed by atoms with E-state index in [4.69, 9.17) is 8.83 Å². The third kappa shape index (κ3) is 3.38. The lowest BCUT2D eigenvalue weighted by Gasteiger charge is -2.15. The lowest BCUT2D eigenvalue weighted by molar-refractivity contribution is -0.307. The van der Waals surface area contributed by atoms with Gasteiger partial charge in [-0.1, -0.05) is 0 Å². The lowest BCUT2D eigenvalue weighted by Crippen LogP contribution is -2.46. The molecule has 1 aliphatic rings. The molecule has 7 nitrogen and oxygen atoms in total. The first-order valence-electron chi connectivity index (χ1n) is 10.3. The second-order valence-corrected chi connectivity index (χ2v) is 8.07.